The first-order valence-electron chi connectivity index (χ1n) is 11.1. The minimum absolute atomic E-state index is 0.0299. The third-order valence-electron chi connectivity index (χ3n) is 6.22. The van der Waals surface area contributed by atoms with Crippen LogP contribution >= 0.6 is 0 Å². The number of aromatic nitrogens is 2. The topological polar surface area (TPSA) is 123 Å². The summed E-state index contributed by atoms with van der Waals surface area (Å²) in [5, 5.41) is 26.1. The van der Waals surface area contributed by atoms with Crippen LogP contribution in [0, 0.1) is 0 Å². The van der Waals surface area contributed by atoms with E-state index in [0.717, 1.165) is 5.56 Å². The molecule has 2 aliphatic heterocycles. The van der Waals surface area contributed by atoms with E-state index in [1.807, 2.05) is 26.8 Å². The zero-order valence-corrected chi connectivity index (χ0v) is 19.4. The Bertz CT molecular complexity index is 1450. The van der Waals surface area contributed by atoms with E-state index >= 15 is 0 Å². The van der Waals surface area contributed by atoms with Gasteiger partial charge in [-0.2, -0.15) is 0 Å². The van der Waals surface area contributed by atoms with Crippen LogP contribution < -0.4 is 5.56 Å². The second kappa shape index (κ2) is 7.39. The number of hydrogen-bond donors (Lipinski definition) is 2. The number of esters is 1. The van der Waals surface area contributed by atoms with Gasteiger partial charge in [0.05, 0.1) is 35.2 Å². The minimum atomic E-state index is -1.87. The van der Waals surface area contributed by atoms with Gasteiger partial charge in [0.25, 0.3) is 5.56 Å². The quantitative estimate of drug-likeness (QED) is 0.272. The van der Waals surface area contributed by atoms with Gasteiger partial charge < -0.3 is 24.4 Å². The standard InChI is InChI=1S/C25H25N3O6/c1-5-25(32)17-9-19-21-13(11-28(19)22(30)16(17)12-33-23(25)31)8-14-15(10-26-34-24(2,3)4)20(29)7-6-18(14)27-21/h6-10,29,32H,5,11-12H2,1-4H3/b26-10+/t25-/m0/s1. The van der Waals surface area contributed by atoms with E-state index in [9.17, 15) is 19.8 Å². The van der Waals surface area contributed by atoms with Gasteiger partial charge >= 0.3 is 5.97 Å². The molecule has 9 heteroatoms. The summed E-state index contributed by atoms with van der Waals surface area (Å²) in [6.45, 7) is 7.36. The van der Waals surface area contributed by atoms with E-state index in [4.69, 9.17) is 14.6 Å². The molecule has 2 aliphatic rings. The lowest BCUT2D eigenvalue weighted by Crippen LogP contribution is -2.44. The van der Waals surface area contributed by atoms with Crippen LogP contribution in [0.3, 0.4) is 0 Å². The summed E-state index contributed by atoms with van der Waals surface area (Å²) in [6.07, 6.45) is 1.53. The van der Waals surface area contributed by atoms with E-state index in [1.54, 1.807) is 23.6 Å². The van der Waals surface area contributed by atoms with Gasteiger partial charge in [-0.05, 0) is 51.5 Å². The molecule has 3 aromatic rings. The van der Waals surface area contributed by atoms with Crippen LogP contribution in [0.25, 0.3) is 22.3 Å². The first-order chi connectivity index (χ1) is 16.0. The molecule has 0 saturated carbocycles. The number of phenolic OH excluding ortho intramolecular Hbond substituents is 1. The van der Waals surface area contributed by atoms with Crippen LogP contribution in [0.2, 0.25) is 0 Å². The van der Waals surface area contributed by atoms with Gasteiger partial charge in [0.15, 0.2) is 5.60 Å². The Hall–Kier alpha value is -3.72. The average Bonchev–Trinajstić information content (AvgIpc) is 3.14. The van der Waals surface area contributed by atoms with Crippen molar-refractivity contribution in [3.8, 4) is 17.1 Å². The highest BCUT2D eigenvalue weighted by Crippen LogP contribution is 2.39. The van der Waals surface area contributed by atoms with E-state index in [0.29, 0.717) is 27.9 Å². The molecule has 1 atom stereocenters. The number of carbonyl (C=O) groups excluding carboxylic acids is 1. The van der Waals surface area contributed by atoms with Crippen LogP contribution in [0.15, 0.2) is 34.2 Å². The molecule has 2 N–H and O–H groups in total. The lowest BCUT2D eigenvalue weighted by atomic mass is 9.86. The molecule has 9 nitrogen and oxygen atoms in total. The summed E-state index contributed by atoms with van der Waals surface area (Å²) in [5.41, 5.74) is 0.814. The summed E-state index contributed by atoms with van der Waals surface area (Å²) in [5.74, 6) is -0.726. The predicted octanol–water partition coefficient (Wildman–Crippen LogP) is 2.93. The zero-order chi connectivity index (χ0) is 24.4. The summed E-state index contributed by atoms with van der Waals surface area (Å²) < 4.78 is 6.68. The van der Waals surface area contributed by atoms with Crippen molar-refractivity contribution >= 4 is 23.1 Å². The number of carbonyl (C=O) groups is 1. The monoisotopic (exact) mass is 463 g/mol. The number of ether oxygens (including phenoxy) is 1. The molecule has 4 heterocycles. The fourth-order valence-electron chi connectivity index (χ4n) is 4.44. The number of cyclic esters (lactones) is 1. The van der Waals surface area contributed by atoms with Crippen molar-refractivity contribution in [1.29, 1.82) is 0 Å². The molecule has 176 valence electrons. The molecular formula is C25H25N3O6. The number of aliphatic hydroxyl groups is 1. The number of phenols is 1. The highest BCUT2D eigenvalue weighted by molar-refractivity contribution is 6.02. The summed E-state index contributed by atoms with van der Waals surface area (Å²) in [7, 11) is 0. The Morgan fingerprint density at radius 2 is 2.06 bits per heavy atom. The normalized spacial score (nSPS) is 19.1. The van der Waals surface area contributed by atoms with Crippen LogP contribution in [0.1, 0.15) is 56.4 Å². The molecule has 0 fully saturated rings. The number of nitrogens with zero attached hydrogens (tertiary/aromatic N) is 3. The lowest BCUT2D eigenvalue weighted by molar-refractivity contribution is -0.172. The van der Waals surface area contributed by atoms with E-state index < -0.39 is 17.2 Å². The van der Waals surface area contributed by atoms with Crippen molar-refractivity contribution < 1.29 is 24.6 Å². The minimum Gasteiger partial charge on any atom is -0.507 e. The zero-order valence-electron chi connectivity index (χ0n) is 19.4. The van der Waals surface area contributed by atoms with Crippen molar-refractivity contribution in [2.45, 2.75) is 58.5 Å². The van der Waals surface area contributed by atoms with Crippen molar-refractivity contribution in [3.63, 3.8) is 0 Å². The summed E-state index contributed by atoms with van der Waals surface area (Å²) >= 11 is 0. The maximum Gasteiger partial charge on any atom is 0.343 e. The Balaban J connectivity index is 1.68. The molecule has 0 saturated heterocycles. The van der Waals surface area contributed by atoms with Gasteiger partial charge in [0, 0.05) is 22.1 Å². The molecule has 0 amide bonds. The van der Waals surface area contributed by atoms with E-state index in [2.05, 4.69) is 5.16 Å². The van der Waals surface area contributed by atoms with Gasteiger partial charge in [-0.25, -0.2) is 9.78 Å². The van der Waals surface area contributed by atoms with Crippen LogP contribution in [-0.4, -0.2) is 37.5 Å². The van der Waals surface area contributed by atoms with Gasteiger partial charge in [-0.15, -0.1) is 0 Å². The largest absolute Gasteiger partial charge is 0.507 e. The maximum atomic E-state index is 13.3. The van der Waals surface area contributed by atoms with Crippen molar-refractivity contribution in [2.75, 3.05) is 0 Å². The second-order valence-electron chi connectivity index (χ2n) is 9.60. The first kappa shape index (κ1) is 22.1. The summed E-state index contributed by atoms with van der Waals surface area (Å²) in [6, 6.07) is 6.76. The molecule has 5 rings (SSSR count). The van der Waals surface area contributed by atoms with E-state index in [-0.39, 0.29) is 42.0 Å². The Kier molecular flexibility index (Phi) is 4.80. The molecule has 0 aliphatic carbocycles. The molecule has 2 aromatic heterocycles. The molecule has 0 bridgehead atoms. The number of benzene rings is 1. The van der Waals surface area contributed by atoms with Gasteiger partial charge in [0.1, 0.15) is 18.0 Å². The molecule has 0 spiro atoms. The van der Waals surface area contributed by atoms with Gasteiger partial charge in [0.2, 0.25) is 0 Å². The smallest absolute Gasteiger partial charge is 0.343 e. The highest BCUT2D eigenvalue weighted by atomic mass is 16.6. The number of fused-ring (bicyclic) bond motifs is 5. The fourth-order valence-corrected chi connectivity index (χ4v) is 4.44. The fraction of sp³-hybridized carbons (Fsp3) is 0.360. The predicted molar refractivity (Wildman–Crippen MR) is 125 cm³/mol. The van der Waals surface area contributed by atoms with Crippen LogP contribution in [0.5, 0.6) is 5.75 Å². The van der Waals surface area contributed by atoms with Crippen molar-refractivity contribution in [1.82, 2.24) is 9.55 Å². The first-order valence-corrected chi connectivity index (χ1v) is 11.1. The van der Waals surface area contributed by atoms with Crippen molar-refractivity contribution in [2.24, 2.45) is 5.16 Å². The highest BCUT2D eigenvalue weighted by Gasteiger charge is 2.45. The summed E-state index contributed by atoms with van der Waals surface area (Å²) in [4.78, 5) is 35.8. The van der Waals surface area contributed by atoms with E-state index in [1.165, 1.54) is 12.3 Å². The Morgan fingerprint density at radius 3 is 2.76 bits per heavy atom. The Morgan fingerprint density at radius 1 is 1.29 bits per heavy atom. The molecule has 34 heavy (non-hydrogen) atoms. The number of rotatable bonds is 3. The molecule has 0 radical (unpaired) electrons. The molecular weight excluding hydrogens is 438 g/mol. The second-order valence-corrected chi connectivity index (χ2v) is 9.60. The SMILES string of the molecule is CC[C@@]1(O)C(=O)OCc2c1cc1n(c2=O)Cc2cc3c(/C=N/OC(C)(C)C)c(O)ccc3nc2-1. The van der Waals surface area contributed by atoms with Crippen LogP contribution in [-0.2, 0) is 33.1 Å². The third kappa shape index (κ3) is 3.27. The molecule has 0 unspecified atom stereocenters. The maximum absolute atomic E-state index is 13.3. The van der Waals surface area contributed by atoms with Gasteiger partial charge in [-0.3, -0.25) is 4.79 Å². The lowest BCUT2D eigenvalue weighted by Gasteiger charge is -2.31. The number of aromatic hydroxyl groups is 1. The van der Waals surface area contributed by atoms with Crippen LogP contribution in [0.4, 0.5) is 0 Å². The number of pyridine rings is 2. The van der Waals surface area contributed by atoms with Gasteiger partial charge in [-0.1, -0.05) is 12.1 Å². The number of oxime groups is 1. The third-order valence-corrected chi connectivity index (χ3v) is 6.22. The Labute approximate surface area is 195 Å². The number of hydrogen-bond acceptors (Lipinski definition) is 8. The molecule has 1 aromatic carbocycles. The van der Waals surface area contributed by atoms with Crippen molar-refractivity contribution in [3.05, 3.63) is 56.9 Å². The average molecular weight is 463 g/mol.